The molecule has 0 aromatic carbocycles. The number of hydrogen-bond acceptors (Lipinski definition) is 5. The fourth-order valence-corrected chi connectivity index (χ4v) is 1.67. The molecule has 1 amide bonds. The highest BCUT2D eigenvalue weighted by Gasteiger charge is 2.15. The molecule has 0 spiro atoms. The second-order valence-electron chi connectivity index (χ2n) is 4.16. The van der Waals surface area contributed by atoms with E-state index in [-0.39, 0.29) is 24.7 Å². The first-order chi connectivity index (χ1) is 9.56. The number of carbonyl (C=O) groups excluding carboxylic acids is 1. The summed E-state index contributed by atoms with van der Waals surface area (Å²) < 4.78 is 1.45. The number of nitrogens with one attached hydrogen (secondary N) is 1. The van der Waals surface area contributed by atoms with Crippen LogP contribution in [-0.2, 0) is 11.3 Å². The van der Waals surface area contributed by atoms with Crippen molar-refractivity contribution in [1.82, 2.24) is 14.8 Å². The van der Waals surface area contributed by atoms with E-state index in [1.165, 1.54) is 10.7 Å². The van der Waals surface area contributed by atoms with Gasteiger partial charge in [0, 0.05) is 24.5 Å². The van der Waals surface area contributed by atoms with Gasteiger partial charge in [-0.25, -0.2) is 0 Å². The Balaban J connectivity index is 1.92. The van der Waals surface area contributed by atoms with E-state index in [1.807, 2.05) is 0 Å². The van der Waals surface area contributed by atoms with Crippen LogP contribution in [0.25, 0.3) is 0 Å². The van der Waals surface area contributed by atoms with E-state index >= 15 is 0 Å². The first-order valence-corrected chi connectivity index (χ1v) is 5.95. The molecule has 0 atom stereocenters. The quantitative estimate of drug-likeness (QED) is 0.658. The van der Waals surface area contributed by atoms with Gasteiger partial charge in [-0.1, -0.05) is 0 Å². The predicted octanol–water partition coefficient (Wildman–Crippen LogP) is 1.52. The van der Waals surface area contributed by atoms with E-state index in [2.05, 4.69) is 15.4 Å². The minimum atomic E-state index is -0.555. The molecule has 2 aromatic rings. The van der Waals surface area contributed by atoms with Gasteiger partial charge in [0.05, 0.1) is 23.4 Å². The minimum absolute atomic E-state index is 0.183. The molecule has 8 heteroatoms. The van der Waals surface area contributed by atoms with E-state index in [9.17, 15) is 14.9 Å². The zero-order valence-electron chi connectivity index (χ0n) is 10.8. The molecule has 0 radical (unpaired) electrons. The number of carbonyl (C=O) groups is 1. The number of pyridine rings is 1. The second-order valence-corrected chi connectivity index (χ2v) is 4.16. The maximum absolute atomic E-state index is 11.7. The maximum atomic E-state index is 11.7. The van der Waals surface area contributed by atoms with Crippen molar-refractivity contribution in [3.63, 3.8) is 0 Å². The standard InChI is InChI=1S/C12H13N5O3/c1-9-8-11(17(19)20)15-16(9)7-4-12(18)14-10-2-5-13-6-3-10/h2-3,5-6,8H,4,7H2,1H3,(H,13,14,18). The number of aromatic nitrogens is 3. The zero-order chi connectivity index (χ0) is 14.5. The van der Waals surface area contributed by atoms with Crippen LogP contribution in [0.15, 0.2) is 30.6 Å². The fourth-order valence-electron chi connectivity index (χ4n) is 1.67. The smallest absolute Gasteiger partial charge is 0.358 e. The SMILES string of the molecule is Cc1cc([N+](=O)[O-])nn1CCC(=O)Nc1ccncc1. The molecular formula is C12H13N5O3. The number of nitro groups is 1. The molecule has 1 N–H and O–H groups in total. The summed E-state index contributed by atoms with van der Waals surface area (Å²) in [6.07, 6.45) is 3.34. The van der Waals surface area contributed by atoms with Crippen molar-refractivity contribution < 1.29 is 9.72 Å². The van der Waals surface area contributed by atoms with Crippen LogP contribution in [0.2, 0.25) is 0 Å². The Hall–Kier alpha value is -2.77. The van der Waals surface area contributed by atoms with Crippen molar-refractivity contribution >= 4 is 17.4 Å². The lowest BCUT2D eigenvalue weighted by molar-refractivity contribution is -0.389. The topological polar surface area (TPSA) is 103 Å². The van der Waals surface area contributed by atoms with Gasteiger partial charge in [0.1, 0.15) is 0 Å². The zero-order valence-corrected chi connectivity index (χ0v) is 10.8. The van der Waals surface area contributed by atoms with Crippen molar-refractivity contribution in [2.45, 2.75) is 19.9 Å². The van der Waals surface area contributed by atoms with Crippen LogP contribution in [0.3, 0.4) is 0 Å². The van der Waals surface area contributed by atoms with Gasteiger partial charge in [-0.15, -0.1) is 0 Å². The third-order valence-electron chi connectivity index (χ3n) is 2.67. The van der Waals surface area contributed by atoms with E-state index in [0.717, 1.165) is 0 Å². The summed E-state index contributed by atoms with van der Waals surface area (Å²) >= 11 is 0. The molecule has 0 aliphatic rings. The van der Waals surface area contributed by atoms with E-state index in [0.29, 0.717) is 11.4 Å². The van der Waals surface area contributed by atoms with Crippen LogP contribution in [0, 0.1) is 17.0 Å². The number of aryl methyl sites for hydroxylation is 2. The summed E-state index contributed by atoms with van der Waals surface area (Å²) in [5.74, 6) is -0.397. The number of nitrogens with zero attached hydrogens (tertiary/aromatic N) is 4. The lowest BCUT2D eigenvalue weighted by Gasteiger charge is -2.04. The van der Waals surface area contributed by atoms with Crippen molar-refractivity contribution in [3.8, 4) is 0 Å². The normalized spacial score (nSPS) is 10.2. The number of amides is 1. The summed E-state index contributed by atoms with van der Waals surface area (Å²) in [5, 5.41) is 17.1. The molecule has 0 fully saturated rings. The third kappa shape index (κ3) is 3.37. The molecule has 0 saturated heterocycles. The van der Waals surface area contributed by atoms with Gasteiger partial charge in [0.15, 0.2) is 0 Å². The summed E-state index contributed by atoms with van der Waals surface area (Å²) in [6, 6.07) is 4.74. The van der Waals surface area contributed by atoms with E-state index in [4.69, 9.17) is 0 Å². The predicted molar refractivity (Wildman–Crippen MR) is 71.1 cm³/mol. The Morgan fingerprint density at radius 2 is 2.15 bits per heavy atom. The van der Waals surface area contributed by atoms with Gasteiger partial charge in [-0.05, 0) is 24.0 Å². The highest BCUT2D eigenvalue weighted by atomic mass is 16.6. The number of anilines is 1. The molecule has 0 unspecified atom stereocenters. The van der Waals surface area contributed by atoms with Gasteiger partial charge < -0.3 is 15.4 Å². The highest BCUT2D eigenvalue weighted by Crippen LogP contribution is 2.11. The maximum Gasteiger partial charge on any atom is 0.390 e. The molecule has 0 aliphatic carbocycles. The second kappa shape index (κ2) is 5.91. The Kier molecular flexibility index (Phi) is 4.04. The van der Waals surface area contributed by atoms with Crippen LogP contribution in [-0.4, -0.2) is 25.6 Å². The van der Waals surface area contributed by atoms with Crippen LogP contribution < -0.4 is 5.32 Å². The average Bonchev–Trinajstić information content (AvgIpc) is 2.79. The molecule has 8 nitrogen and oxygen atoms in total. The van der Waals surface area contributed by atoms with Crippen LogP contribution >= 0.6 is 0 Å². The first kappa shape index (κ1) is 13.7. The summed E-state index contributed by atoms with van der Waals surface area (Å²) in [4.78, 5) is 25.6. The summed E-state index contributed by atoms with van der Waals surface area (Å²) in [6.45, 7) is 2.00. The molecule has 0 aliphatic heterocycles. The molecule has 0 saturated carbocycles. The van der Waals surface area contributed by atoms with E-state index in [1.54, 1.807) is 31.5 Å². The Labute approximate surface area is 114 Å². The first-order valence-electron chi connectivity index (χ1n) is 5.95. The van der Waals surface area contributed by atoms with Crippen LogP contribution in [0.4, 0.5) is 11.5 Å². The van der Waals surface area contributed by atoms with Crippen LogP contribution in [0.1, 0.15) is 12.1 Å². The van der Waals surface area contributed by atoms with Crippen molar-refractivity contribution in [3.05, 3.63) is 46.4 Å². The molecule has 20 heavy (non-hydrogen) atoms. The molecular weight excluding hydrogens is 262 g/mol. The van der Waals surface area contributed by atoms with Gasteiger partial charge in [0.25, 0.3) is 0 Å². The van der Waals surface area contributed by atoms with Crippen molar-refractivity contribution in [2.24, 2.45) is 0 Å². The molecule has 2 heterocycles. The third-order valence-corrected chi connectivity index (χ3v) is 2.67. The van der Waals surface area contributed by atoms with Crippen LogP contribution in [0.5, 0.6) is 0 Å². The summed E-state index contributed by atoms with van der Waals surface area (Å²) in [5.41, 5.74) is 1.31. The van der Waals surface area contributed by atoms with Gasteiger partial charge >= 0.3 is 5.82 Å². The van der Waals surface area contributed by atoms with Gasteiger partial charge in [-0.3, -0.25) is 9.78 Å². The molecule has 104 valence electrons. The number of rotatable bonds is 5. The van der Waals surface area contributed by atoms with Gasteiger partial charge in [0.2, 0.25) is 5.91 Å². The number of hydrogen-bond donors (Lipinski definition) is 1. The average molecular weight is 275 g/mol. The monoisotopic (exact) mass is 275 g/mol. The lowest BCUT2D eigenvalue weighted by atomic mass is 10.3. The minimum Gasteiger partial charge on any atom is -0.358 e. The highest BCUT2D eigenvalue weighted by molar-refractivity contribution is 5.90. The summed E-state index contributed by atoms with van der Waals surface area (Å²) in [7, 11) is 0. The molecule has 0 bridgehead atoms. The Morgan fingerprint density at radius 1 is 1.45 bits per heavy atom. The Bertz CT molecular complexity index is 623. The van der Waals surface area contributed by atoms with Gasteiger partial charge in [-0.2, -0.15) is 4.68 Å². The fraction of sp³-hybridized carbons (Fsp3) is 0.250. The molecule has 2 rings (SSSR count). The van der Waals surface area contributed by atoms with E-state index < -0.39 is 4.92 Å². The van der Waals surface area contributed by atoms with Crippen molar-refractivity contribution in [2.75, 3.05) is 5.32 Å². The Morgan fingerprint density at radius 3 is 2.75 bits per heavy atom. The lowest BCUT2D eigenvalue weighted by Crippen LogP contribution is -2.15. The largest absolute Gasteiger partial charge is 0.390 e. The van der Waals surface area contributed by atoms with Crippen molar-refractivity contribution in [1.29, 1.82) is 0 Å². The molecule has 2 aromatic heterocycles.